The molecule has 2 N–H and O–H groups in total. The molecule has 0 saturated carbocycles. The molecule has 8 heavy (non-hydrogen) atoms. The molecule has 0 unspecified atom stereocenters. The van der Waals surface area contributed by atoms with E-state index in [1.807, 2.05) is 0 Å². The van der Waals surface area contributed by atoms with Crippen molar-refractivity contribution >= 4 is 9.52 Å². The van der Waals surface area contributed by atoms with E-state index in [4.69, 9.17) is 5.73 Å². The van der Waals surface area contributed by atoms with Gasteiger partial charge in [-0.2, -0.15) is 0 Å². The fourth-order valence-corrected chi connectivity index (χ4v) is 2.24. The third kappa shape index (κ3) is 6.18. The van der Waals surface area contributed by atoms with E-state index >= 15 is 0 Å². The van der Waals surface area contributed by atoms with Crippen molar-refractivity contribution < 1.29 is 0 Å². The summed E-state index contributed by atoms with van der Waals surface area (Å²) in [5, 5.41) is 0. The molecule has 0 atom stereocenters. The first kappa shape index (κ1) is 8.18. The van der Waals surface area contributed by atoms with Crippen LogP contribution in [0.25, 0.3) is 0 Å². The summed E-state index contributed by atoms with van der Waals surface area (Å²) in [4.78, 5) is 0. The lowest BCUT2D eigenvalue weighted by Crippen LogP contribution is -1.99. The van der Waals surface area contributed by atoms with Crippen LogP contribution < -0.4 is 5.73 Å². The molecule has 0 aliphatic carbocycles. The second-order valence-corrected chi connectivity index (χ2v) is 4.32. The van der Waals surface area contributed by atoms with Crippen LogP contribution in [0, 0.1) is 0 Å². The molecular weight excluding hydrogens is 114 g/mol. The zero-order valence-electron chi connectivity index (χ0n) is 5.82. The monoisotopic (exact) mass is 131 g/mol. The van der Waals surface area contributed by atoms with Crippen molar-refractivity contribution in [1.29, 1.82) is 0 Å². The van der Waals surface area contributed by atoms with Crippen molar-refractivity contribution in [1.82, 2.24) is 0 Å². The third-order valence-electron chi connectivity index (χ3n) is 1.31. The molecular formula is C6H17NSi. The first-order valence-electron chi connectivity index (χ1n) is 3.62. The molecule has 0 heterocycles. The highest BCUT2D eigenvalue weighted by atomic mass is 28.2. The Morgan fingerprint density at radius 2 is 2.12 bits per heavy atom. The topological polar surface area (TPSA) is 26.0 Å². The van der Waals surface area contributed by atoms with Crippen LogP contribution in [0.2, 0.25) is 12.1 Å². The molecule has 0 aromatic rings. The first-order chi connectivity index (χ1) is 3.91. The summed E-state index contributed by atoms with van der Waals surface area (Å²) >= 11 is 0. The molecule has 0 bridgehead atoms. The Kier molecular flexibility index (Phi) is 7.34. The zero-order valence-corrected chi connectivity index (χ0v) is 7.23. The molecule has 0 radical (unpaired) electrons. The van der Waals surface area contributed by atoms with Gasteiger partial charge in [0, 0.05) is 9.52 Å². The van der Waals surface area contributed by atoms with Crippen molar-refractivity contribution in [3.63, 3.8) is 0 Å². The van der Waals surface area contributed by atoms with E-state index in [0.29, 0.717) is 9.52 Å². The standard InChI is InChI=1S/C6H17NSi/c1-2-5-8-6-3-4-7/h2-8H2,1H3. The van der Waals surface area contributed by atoms with E-state index in [-0.39, 0.29) is 0 Å². The van der Waals surface area contributed by atoms with Gasteiger partial charge in [-0.25, -0.2) is 0 Å². The molecule has 0 rings (SSSR count). The van der Waals surface area contributed by atoms with Crippen LogP contribution in [0.15, 0.2) is 0 Å². The molecule has 0 aromatic heterocycles. The smallest absolute Gasteiger partial charge is 0.0198 e. The Balaban J connectivity index is 2.53. The van der Waals surface area contributed by atoms with E-state index in [2.05, 4.69) is 6.92 Å². The Bertz CT molecular complexity index is 33.5. The Morgan fingerprint density at radius 3 is 2.62 bits per heavy atom. The second kappa shape index (κ2) is 7.18. The average molecular weight is 131 g/mol. The molecule has 0 amide bonds. The number of hydrogen-bond donors (Lipinski definition) is 1. The molecule has 2 heteroatoms. The molecule has 0 spiro atoms. The highest BCUT2D eigenvalue weighted by Gasteiger charge is 1.84. The average Bonchev–Trinajstić information content (AvgIpc) is 1.81. The second-order valence-electron chi connectivity index (χ2n) is 2.20. The van der Waals surface area contributed by atoms with Crippen molar-refractivity contribution in [3.8, 4) is 0 Å². The van der Waals surface area contributed by atoms with Gasteiger partial charge in [0.15, 0.2) is 0 Å². The first-order valence-corrected chi connectivity index (χ1v) is 5.62. The lowest BCUT2D eigenvalue weighted by atomic mass is 10.5. The van der Waals surface area contributed by atoms with Gasteiger partial charge in [0.1, 0.15) is 0 Å². The minimum atomic E-state index is 0.320. The van der Waals surface area contributed by atoms with E-state index in [9.17, 15) is 0 Å². The van der Waals surface area contributed by atoms with Gasteiger partial charge in [-0.1, -0.05) is 25.4 Å². The summed E-state index contributed by atoms with van der Waals surface area (Å²) in [6.07, 6.45) is 2.66. The van der Waals surface area contributed by atoms with Gasteiger partial charge in [-0.3, -0.25) is 0 Å². The van der Waals surface area contributed by atoms with Gasteiger partial charge in [-0.15, -0.1) is 0 Å². The molecule has 0 fully saturated rings. The molecule has 0 aliphatic heterocycles. The maximum Gasteiger partial charge on any atom is 0.0198 e. The Labute approximate surface area is 54.5 Å². The van der Waals surface area contributed by atoms with Gasteiger partial charge < -0.3 is 5.73 Å². The number of hydrogen-bond acceptors (Lipinski definition) is 1. The normalized spacial score (nSPS) is 11.2. The van der Waals surface area contributed by atoms with Crippen LogP contribution in [0.5, 0.6) is 0 Å². The summed E-state index contributed by atoms with van der Waals surface area (Å²) in [6.45, 7) is 3.16. The van der Waals surface area contributed by atoms with Crippen LogP contribution >= 0.6 is 0 Å². The lowest BCUT2D eigenvalue weighted by Gasteiger charge is -1.92. The van der Waals surface area contributed by atoms with E-state index in [1.54, 1.807) is 0 Å². The number of nitrogens with two attached hydrogens (primary N) is 1. The van der Waals surface area contributed by atoms with Crippen LogP contribution in [0.3, 0.4) is 0 Å². The summed E-state index contributed by atoms with van der Waals surface area (Å²) in [5.41, 5.74) is 5.33. The summed E-state index contributed by atoms with van der Waals surface area (Å²) in [6, 6.07) is 2.98. The molecule has 1 nitrogen and oxygen atoms in total. The summed E-state index contributed by atoms with van der Waals surface area (Å²) < 4.78 is 0. The van der Waals surface area contributed by atoms with Gasteiger partial charge >= 0.3 is 0 Å². The van der Waals surface area contributed by atoms with E-state index in [1.165, 1.54) is 24.9 Å². The highest BCUT2D eigenvalue weighted by Crippen LogP contribution is 1.92. The van der Waals surface area contributed by atoms with Crippen LogP contribution in [0.1, 0.15) is 19.8 Å². The summed E-state index contributed by atoms with van der Waals surface area (Å²) in [5.74, 6) is 0. The summed E-state index contributed by atoms with van der Waals surface area (Å²) in [7, 11) is 0.320. The Morgan fingerprint density at radius 1 is 1.38 bits per heavy atom. The van der Waals surface area contributed by atoms with Gasteiger partial charge in [0.25, 0.3) is 0 Å². The van der Waals surface area contributed by atoms with Crippen molar-refractivity contribution in [2.24, 2.45) is 5.73 Å². The van der Waals surface area contributed by atoms with Crippen molar-refractivity contribution in [3.05, 3.63) is 0 Å². The number of rotatable bonds is 5. The van der Waals surface area contributed by atoms with Crippen LogP contribution in [0.4, 0.5) is 0 Å². The molecule has 0 saturated heterocycles. The predicted molar refractivity (Wildman–Crippen MR) is 42.1 cm³/mol. The highest BCUT2D eigenvalue weighted by molar-refractivity contribution is 6.35. The zero-order chi connectivity index (χ0) is 6.24. The lowest BCUT2D eigenvalue weighted by molar-refractivity contribution is 0.917. The van der Waals surface area contributed by atoms with Crippen molar-refractivity contribution in [2.45, 2.75) is 31.9 Å². The molecule has 0 aromatic carbocycles. The molecule has 50 valence electrons. The van der Waals surface area contributed by atoms with Gasteiger partial charge in [0.2, 0.25) is 0 Å². The molecule has 0 aliphatic rings. The van der Waals surface area contributed by atoms with Crippen LogP contribution in [-0.2, 0) is 0 Å². The van der Waals surface area contributed by atoms with E-state index in [0.717, 1.165) is 6.54 Å². The predicted octanol–water partition coefficient (Wildman–Crippen LogP) is 0.751. The Hall–Kier alpha value is 0.177. The quantitative estimate of drug-likeness (QED) is 0.432. The third-order valence-corrected chi connectivity index (χ3v) is 3.51. The maximum atomic E-state index is 5.33. The minimum Gasteiger partial charge on any atom is -0.330 e. The minimum absolute atomic E-state index is 0.320. The fourth-order valence-electron chi connectivity index (χ4n) is 0.748. The fraction of sp³-hybridized carbons (Fsp3) is 1.00. The van der Waals surface area contributed by atoms with Crippen molar-refractivity contribution in [2.75, 3.05) is 6.54 Å². The largest absolute Gasteiger partial charge is 0.330 e. The SMILES string of the molecule is CCC[SiH2]CCCN. The van der Waals surface area contributed by atoms with Crippen LogP contribution in [-0.4, -0.2) is 16.1 Å². The van der Waals surface area contributed by atoms with Gasteiger partial charge in [-0.05, 0) is 13.0 Å². The van der Waals surface area contributed by atoms with Gasteiger partial charge in [0.05, 0.1) is 0 Å². The van der Waals surface area contributed by atoms with E-state index < -0.39 is 0 Å². The maximum absolute atomic E-state index is 5.33.